The van der Waals surface area contributed by atoms with Crippen molar-refractivity contribution in [2.45, 2.75) is 50.5 Å². The van der Waals surface area contributed by atoms with Crippen LogP contribution in [-0.4, -0.2) is 41.6 Å². The zero-order valence-corrected chi connectivity index (χ0v) is 15.2. The molecule has 0 spiro atoms. The summed E-state index contributed by atoms with van der Waals surface area (Å²) in [5.74, 6) is 0.422. The van der Waals surface area contributed by atoms with Gasteiger partial charge >= 0.3 is 0 Å². The maximum absolute atomic E-state index is 12.7. The number of piperidine rings is 1. The van der Waals surface area contributed by atoms with Gasteiger partial charge in [0.15, 0.2) is 0 Å². The van der Waals surface area contributed by atoms with Crippen LogP contribution in [0.5, 0.6) is 0 Å². The summed E-state index contributed by atoms with van der Waals surface area (Å²) < 4.78 is 5.74. The molecule has 5 heteroatoms. The number of benzene rings is 1. The van der Waals surface area contributed by atoms with E-state index in [0.29, 0.717) is 13.0 Å². The number of carbonyl (C=O) groups is 1. The molecule has 3 heterocycles. The largest absolute Gasteiger partial charge is 0.397 e. The first-order valence-electron chi connectivity index (χ1n) is 9.75. The van der Waals surface area contributed by atoms with E-state index in [-0.39, 0.29) is 17.9 Å². The number of fused-ring (bicyclic) bond motifs is 1. The minimum atomic E-state index is 0.0977. The second kappa shape index (κ2) is 7.62. The molecular formula is C21H27N3O2. The summed E-state index contributed by atoms with van der Waals surface area (Å²) in [5.41, 5.74) is 8.95. The maximum atomic E-state index is 12.7. The predicted molar refractivity (Wildman–Crippen MR) is 103 cm³/mol. The average Bonchev–Trinajstić information content (AvgIpc) is 2.68. The van der Waals surface area contributed by atoms with E-state index in [1.807, 2.05) is 35.2 Å². The first-order chi connectivity index (χ1) is 12.7. The molecule has 1 aromatic heterocycles. The van der Waals surface area contributed by atoms with Crippen LogP contribution in [0.1, 0.15) is 50.1 Å². The van der Waals surface area contributed by atoms with E-state index in [9.17, 15) is 4.79 Å². The minimum absolute atomic E-state index is 0.0977. The fourth-order valence-corrected chi connectivity index (χ4v) is 4.19. The smallest absolute Gasteiger partial charge is 0.225 e. The number of rotatable bonds is 3. The van der Waals surface area contributed by atoms with Crippen molar-refractivity contribution < 1.29 is 9.53 Å². The maximum Gasteiger partial charge on any atom is 0.225 e. The minimum Gasteiger partial charge on any atom is -0.397 e. The first kappa shape index (κ1) is 17.3. The van der Waals surface area contributed by atoms with E-state index in [4.69, 9.17) is 15.5 Å². The van der Waals surface area contributed by atoms with Crippen molar-refractivity contribution in [3.05, 3.63) is 36.0 Å². The number of hydrogen-bond acceptors (Lipinski definition) is 4. The number of para-hydroxylation sites is 1. The fraction of sp³-hybridized carbons (Fsp3) is 0.524. The second-order valence-electron chi connectivity index (χ2n) is 7.53. The van der Waals surface area contributed by atoms with E-state index in [1.165, 1.54) is 0 Å². The molecule has 2 atom stereocenters. The van der Waals surface area contributed by atoms with Crippen molar-refractivity contribution >= 4 is 22.5 Å². The van der Waals surface area contributed by atoms with Crippen LogP contribution < -0.4 is 5.73 Å². The summed E-state index contributed by atoms with van der Waals surface area (Å²) in [6, 6.07) is 10.1. The Morgan fingerprint density at radius 2 is 2.12 bits per heavy atom. The molecule has 0 bridgehead atoms. The molecule has 0 aliphatic carbocycles. The van der Waals surface area contributed by atoms with E-state index in [0.717, 1.165) is 67.5 Å². The number of hydrogen-bond donors (Lipinski definition) is 1. The molecule has 2 aliphatic rings. The summed E-state index contributed by atoms with van der Waals surface area (Å²) in [6.45, 7) is 2.33. The number of nitrogens with two attached hydrogens (primary N) is 1. The molecule has 2 aromatic rings. The van der Waals surface area contributed by atoms with Gasteiger partial charge in [-0.3, -0.25) is 9.78 Å². The van der Waals surface area contributed by atoms with E-state index >= 15 is 0 Å². The van der Waals surface area contributed by atoms with Gasteiger partial charge in [-0.2, -0.15) is 0 Å². The van der Waals surface area contributed by atoms with Crippen LogP contribution in [0, 0.1) is 0 Å². The van der Waals surface area contributed by atoms with Crippen LogP contribution in [0.25, 0.3) is 10.9 Å². The summed E-state index contributed by atoms with van der Waals surface area (Å²) in [6.07, 6.45) is 5.91. The third-order valence-electron chi connectivity index (χ3n) is 5.62. The van der Waals surface area contributed by atoms with Gasteiger partial charge in [0, 0.05) is 31.0 Å². The number of amides is 1. The van der Waals surface area contributed by atoms with Gasteiger partial charge in [0.1, 0.15) is 0 Å². The molecule has 0 saturated carbocycles. The van der Waals surface area contributed by atoms with Gasteiger partial charge in [0.25, 0.3) is 0 Å². The molecule has 2 saturated heterocycles. The molecule has 0 radical (unpaired) electrons. The molecule has 2 fully saturated rings. The third-order valence-corrected chi connectivity index (χ3v) is 5.62. The molecule has 26 heavy (non-hydrogen) atoms. The van der Waals surface area contributed by atoms with Gasteiger partial charge in [-0.05, 0) is 44.2 Å². The number of likely N-dealkylation sites (tertiary alicyclic amines) is 1. The van der Waals surface area contributed by atoms with Gasteiger partial charge < -0.3 is 15.4 Å². The van der Waals surface area contributed by atoms with Crippen molar-refractivity contribution in [1.29, 1.82) is 0 Å². The molecule has 4 rings (SSSR count). The Morgan fingerprint density at radius 1 is 1.23 bits per heavy atom. The molecular weight excluding hydrogens is 326 g/mol. The second-order valence-corrected chi connectivity index (χ2v) is 7.53. The normalized spacial score (nSPS) is 23.9. The Balaban J connectivity index is 1.48. The lowest BCUT2D eigenvalue weighted by Gasteiger charge is -2.34. The van der Waals surface area contributed by atoms with E-state index < -0.39 is 0 Å². The van der Waals surface area contributed by atoms with Gasteiger partial charge in [0.2, 0.25) is 5.91 Å². The Bertz CT molecular complexity index is 786. The van der Waals surface area contributed by atoms with Crippen LogP contribution in [0.4, 0.5) is 5.69 Å². The van der Waals surface area contributed by atoms with Crippen LogP contribution in [0.15, 0.2) is 30.3 Å². The lowest BCUT2D eigenvalue weighted by atomic mass is 9.92. The Kier molecular flexibility index (Phi) is 5.07. The zero-order valence-electron chi connectivity index (χ0n) is 15.2. The van der Waals surface area contributed by atoms with Crippen LogP contribution in [0.3, 0.4) is 0 Å². The molecule has 2 N–H and O–H groups in total. The van der Waals surface area contributed by atoms with Gasteiger partial charge in [0.05, 0.1) is 29.4 Å². The number of carbonyl (C=O) groups excluding carboxylic acids is 1. The molecule has 2 aliphatic heterocycles. The number of nitrogens with zero attached hydrogens (tertiary/aromatic N) is 2. The van der Waals surface area contributed by atoms with E-state index in [1.54, 1.807) is 0 Å². The number of nitrogen functional groups attached to an aromatic ring is 1. The predicted octanol–water partition coefficient (Wildman–Crippen LogP) is 3.48. The van der Waals surface area contributed by atoms with Crippen LogP contribution in [-0.2, 0) is 9.53 Å². The summed E-state index contributed by atoms with van der Waals surface area (Å²) >= 11 is 0. The summed E-state index contributed by atoms with van der Waals surface area (Å²) in [5, 5.41) is 1.06. The standard InChI is InChI=1S/C21H27N3O2/c22-18-12-15-6-1-2-9-19(15)23-21(18)16-7-5-10-24(14-16)20(25)13-17-8-3-4-11-26-17/h1-2,6,9,12,16-17H,3-5,7-8,10-11,13-14,22H2/t16-,17+/m1/s1. The Morgan fingerprint density at radius 3 is 2.96 bits per heavy atom. The van der Waals surface area contributed by atoms with Gasteiger partial charge in [-0.15, -0.1) is 0 Å². The highest BCUT2D eigenvalue weighted by molar-refractivity contribution is 5.82. The van der Waals surface area contributed by atoms with Crippen molar-refractivity contribution in [3.63, 3.8) is 0 Å². The van der Waals surface area contributed by atoms with Crippen molar-refractivity contribution in [2.24, 2.45) is 0 Å². The SMILES string of the molecule is Nc1cc2ccccc2nc1[C@@H]1CCCN(C(=O)C[C@@H]2CCCCO2)C1. The van der Waals surface area contributed by atoms with Crippen LogP contribution >= 0.6 is 0 Å². The molecule has 0 unspecified atom stereocenters. The number of pyridine rings is 1. The summed E-state index contributed by atoms with van der Waals surface area (Å²) in [4.78, 5) is 19.5. The number of ether oxygens (including phenoxy) is 1. The monoisotopic (exact) mass is 353 g/mol. The average molecular weight is 353 g/mol. The van der Waals surface area contributed by atoms with Gasteiger partial charge in [-0.25, -0.2) is 0 Å². The highest BCUT2D eigenvalue weighted by Crippen LogP contribution is 2.32. The highest BCUT2D eigenvalue weighted by atomic mass is 16.5. The number of anilines is 1. The van der Waals surface area contributed by atoms with Crippen molar-refractivity contribution in [3.8, 4) is 0 Å². The topological polar surface area (TPSA) is 68.5 Å². The lowest BCUT2D eigenvalue weighted by molar-refractivity contribution is -0.136. The fourth-order valence-electron chi connectivity index (χ4n) is 4.19. The van der Waals surface area contributed by atoms with E-state index in [2.05, 4.69) is 0 Å². The highest BCUT2D eigenvalue weighted by Gasteiger charge is 2.29. The third kappa shape index (κ3) is 3.68. The van der Waals surface area contributed by atoms with Crippen molar-refractivity contribution in [1.82, 2.24) is 9.88 Å². The Hall–Kier alpha value is -2.14. The van der Waals surface area contributed by atoms with Gasteiger partial charge in [-0.1, -0.05) is 18.2 Å². The quantitative estimate of drug-likeness (QED) is 0.917. The molecule has 1 aromatic carbocycles. The summed E-state index contributed by atoms with van der Waals surface area (Å²) in [7, 11) is 0. The molecule has 138 valence electrons. The molecule has 1 amide bonds. The Labute approximate surface area is 154 Å². The van der Waals surface area contributed by atoms with Crippen LogP contribution in [0.2, 0.25) is 0 Å². The zero-order chi connectivity index (χ0) is 17.9. The number of aromatic nitrogens is 1. The lowest BCUT2D eigenvalue weighted by Crippen LogP contribution is -2.41. The first-order valence-corrected chi connectivity index (χ1v) is 9.75. The molecule has 5 nitrogen and oxygen atoms in total. The van der Waals surface area contributed by atoms with Crippen molar-refractivity contribution in [2.75, 3.05) is 25.4 Å².